The zero-order chi connectivity index (χ0) is 24.6. The summed E-state index contributed by atoms with van der Waals surface area (Å²) in [6, 6.07) is 16.8. The summed E-state index contributed by atoms with van der Waals surface area (Å²) in [4.78, 5) is 4.18. The second kappa shape index (κ2) is 11.4. The molecule has 0 bridgehead atoms. The van der Waals surface area contributed by atoms with Gasteiger partial charge in [-0.25, -0.2) is 4.57 Å². The highest BCUT2D eigenvalue weighted by Gasteiger charge is 2.20. The minimum absolute atomic E-state index is 0.998. The van der Waals surface area contributed by atoms with Gasteiger partial charge in [0.05, 0.1) is 13.3 Å². The van der Waals surface area contributed by atoms with Gasteiger partial charge in [0, 0.05) is 45.6 Å². The summed E-state index contributed by atoms with van der Waals surface area (Å²) in [6.45, 7) is 0. The molecule has 2 aromatic carbocycles. The van der Waals surface area contributed by atoms with E-state index in [1.165, 1.54) is 11.4 Å². The molecular formula is C23H28BF4N5. The van der Waals surface area contributed by atoms with Crippen molar-refractivity contribution in [1.82, 2.24) is 4.68 Å². The van der Waals surface area contributed by atoms with Crippen molar-refractivity contribution in [3.05, 3.63) is 77.9 Å². The Hall–Kier alpha value is -3.56. The highest BCUT2D eigenvalue weighted by molar-refractivity contribution is 6.50. The second-order valence-corrected chi connectivity index (χ2v) is 7.66. The van der Waals surface area contributed by atoms with Crippen LogP contribution >= 0.6 is 0 Å². The van der Waals surface area contributed by atoms with Crippen LogP contribution in [0.5, 0.6) is 0 Å². The number of hydrogen-bond donors (Lipinski definition) is 0. The first-order chi connectivity index (χ1) is 15.4. The van der Waals surface area contributed by atoms with Gasteiger partial charge >= 0.3 is 13.1 Å². The highest BCUT2D eigenvalue weighted by Crippen LogP contribution is 2.14. The number of imidazole rings is 1. The Balaban J connectivity index is 0.000000696. The molecule has 0 saturated heterocycles. The van der Waals surface area contributed by atoms with Crippen molar-refractivity contribution >= 4 is 37.0 Å². The molecule has 0 aliphatic rings. The van der Waals surface area contributed by atoms with Crippen molar-refractivity contribution in [2.75, 3.05) is 38.0 Å². The number of benzene rings is 2. The van der Waals surface area contributed by atoms with Crippen molar-refractivity contribution in [3.8, 4) is 0 Å². The molecule has 0 unspecified atom stereocenters. The molecule has 3 rings (SSSR count). The fraction of sp³-hybridized carbons (Fsp3) is 0.217. The molecule has 0 N–H and O–H groups in total. The number of aryl methyl sites for hydroxylation is 1. The molecule has 0 spiro atoms. The smallest absolute Gasteiger partial charge is 0.418 e. The molecule has 0 amide bonds. The van der Waals surface area contributed by atoms with Crippen LogP contribution in [0.2, 0.25) is 0 Å². The predicted molar refractivity (Wildman–Crippen MR) is 129 cm³/mol. The molecule has 176 valence electrons. The summed E-state index contributed by atoms with van der Waals surface area (Å²) in [5, 5.41) is 4.62. The van der Waals surface area contributed by atoms with Gasteiger partial charge in [-0.2, -0.15) is 0 Å². The molecule has 33 heavy (non-hydrogen) atoms. The zero-order valence-corrected chi connectivity index (χ0v) is 19.3. The molecule has 0 aliphatic carbocycles. The molecule has 0 fully saturated rings. The maximum absolute atomic E-state index is 9.75. The minimum atomic E-state index is -6.00. The predicted octanol–water partition coefficient (Wildman–Crippen LogP) is 4.80. The Labute approximate surface area is 192 Å². The van der Waals surface area contributed by atoms with Gasteiger partial charge in [-0.3, -0.25) is 0 Å². The van der Waals surface area contributed by atoms with E-state index < -0.39 is 7.25 Å². The Morgan fingerprint density at radius 3 is 1.70 bits per heavy atom. The number of halogens is 4. The van der Waals surface area contributed by atoms with Crippen LogP contribution in [0.25, 0.3) is 12.2 Å². The number of anilines is 2. The summed E-state index contributed by atoms with van der Waals surface area (Å²) in [7, 11) is 4.19. The van der Waals surface area contributed by atoms with Crippen molar-refractivity contribution in [3.63, 3.8) is 0 Å². The molecule has 3 aromatic rings. The van der Waals surface area contributed by atoms with E-state index in [4.69, 9.17) is 0 Å². The van der Waals surface area contributed by atoms with Gasteiger partial charge in [0.15, 0.2) is 6.20 Å². The molecule has 0 radical (unpaired) electrons. The Bertz CT molecular complexity index is 1060. The summed E-state index contributed by atoms with van der Waals surface area (Å²) in [5.74, 6) is 0.998. The van der Waals surface area contributed by atoms with Gasteiger partial charge in [0.2, 0.25) is 0 Å². The van der Waals surface area contributed by atoms with E-state index in [1.54, 1.807) is 0 Å². The second-order valence-electron chi connectivity index (χ2n) is 7.66. The minimum Gasteiger partial charge on any atom is -0.418 e. The van der Waals surface area contributed by atoms with Crippen LogP contribution < -0.4 is 14.4 Å². The average molecular weight is 461 g/mol. The monoisotopic (exact) mass is 461 g/mol. The van der Waals surface area contributed by atoms with Crippen LogP contribution in [-0.2, 0) is 7.05 Å². The van der Waals surface area contributed by atoms with E-state index in [9.17, 15) is 17.3 Å². The molecule has 10 heteroatoms. The van der Waals surface area contributed by atoms with Crippen LogP contribution in [-0.4, -0.2) is 46.3 Å². The Morgan fingerprint density at radius 2 is 1.24 bits per heavy atom. The van der Waals surface area contributed by atoms with Crippen LogP contribution in [0, 0.1) is 0 Å². The van der Waals surface area contributed by atoms with Crippen molar-refractivity contribution < 1.29 is 21.8 Å². The molecule has 1 heterocycles. The molecule has 0 atom stereocenters. The van der Waals surface area contributed by atoms with Crippen molar-refractivity contribution in [2.24, 2.45) is 12.1 Å². The normalized spacial score (nSPS) is 11.5. The van der Waals surface area contributed by atoms with Crippen LogP contribution in [0.3, 0.4) is 0 Å². The Kier molecular flexibility index (Phi) is 8.84. The number of rotatable bonds is 6. The summed E-state index contributed by atoms with van der Waals surface area (Å²) in [5.41, 5.74) is 4.59. The lowest BCUT2D eigenvalue weighted by atomic mass is 10.2. The molecule has 0 aliphatic heterocycles. The fourth-order valence-electron chi connectivity index (χ4n) is 2.81. The maximum Gasteiger partial charge on any atom is 0.673 e. The molecular weight excluding hydrogens is 433 g/mol. The lowest BCUT2D eigenvalue weighted by Gasteiger charge is -2.11. The van der Waals surface area contributed by atoms with Crippen molar-refractivity contribution in [2.45, 2.75) is 0 Å². The molecule has 0 saturated carbocycles. The highest BCUT2D eigenvalue weighted by atomic mass is 19.5. The quantitative estimate of drug-likeness (QED) is 0.228. The van der Waals surface area contributed by atoms with Gasteiger partial charge < -0.3 is 27.1 Å². The van der Waals surface area contributed by atoms with Gasteiger partial charge in [0.25, 0.3) is 0 Å². The largest absolute Gasteiger partial charge is 0.673 e. The van der Waals surface area contributed by atoms with Gasteiger partial charge in [-0.1, -0.05) is 29.4 Å². The van der Waals surface area contributed by atoms with E-state index >= 15 is 0 Å². The van der Waals surface area contributed by atoms with Crippen LogP contribution in [0.15, 0.2) is 66.0 Å². The number of hydrogen-bond acceptors (Lipinski definition) is 3. The standard InChI is InChI=1S/C23H28N5.BF4/c1-25(2)21-11-6-19(7-12-21)10-15-23-27(5)16-17-28(23)24-18-20-8-13-22(14-9-20)26(3)4;2-1(3,4)5/h6-18H,1-5H3;/q+1;-1. The number of aromatic nitrogens is 2. The fourth-order valence-corrected chi connectivity index (χ4v) is 2.81. The lowest BCUT2D eigenvalue weighted by Crippen LogP contribution is -2.29. The first-order valence-corrected chi connectivity index (χ1v) is 10.2. The Morgan fingerprint density at radius 1 is 0.788 bits per heavy atom. The maximum atomic E-state index is 9.75. The summed E-state index contributed by atoms with van der Waals surface area (Å²) >= 11 is 0. The number of nitrogens with zero attached hydrogens (tertiary/aromatic N) is 5. The van der Waals surface area contributed by atoms with Crippen LogP contribution in [0.1, 0.15) is 17.0 Å². The average Bonchev–Trinajstić information content (AvgIpc) is 3.09. The third-order valence-corrected chi connectivity index (χ3v) is 4.60. The summed E-state index contributed by atoms with van der Waals surface area (Å²) in [6.07, 6.45) is 10.0. The third-order valence-electron chi connectivity index (χ3n) is 4.60. The molecule has 5 nitrogen and oxygen atoms in total. The SMILES string of the molecule is CN(C)c1ccc(C=Cc2n(N=Cc3ccc(N(C)C)cc3)cc[n+]2C)cc1.F[B-](F)(F)F. The first-order valence-electron chi connectivity index (χ1n) is 10.2. The van der Waals surface area contributed by atoms with Gasteiger partial charge in [-0.05, 0) is 41.5 Å². The van der Waals surface area contributed by atoms with E-state index in [0.717, 1.165) is 17.0 Å². The zero-order valence-electron chi connectivity index (χ0n) is 19.3. The third kappa shape index (κ3) is 8.84. The molecule has 1 aromatic heterocycles. The van der Waals surface area contributed by atoms with Crippen LogP contribution in [0.4, 0.5) is 28.6 Å². The van der Waals surface area contributed by atoms with E-state index in [-0.39, 0.29) is 0 Å². The van der Waals surface area contributed by atoms with E-state index in [0.29, 0.717) is 0 Å². The van der Waals surface area contributed by atoms with Gasteiger partial charge in [0.1, 0.15) is 6.20 Å². The van der Waals surface area contributed by atoms with E-state index in [1.807, 2.05) is 58.5 Å². The van der Waals surface area contributed by atoms with Gasteiger partial charge in [-0.15, -0.1) is 4.68 Å². The van der Waals surface area contributed by atoms with E-state index in [2.05, 4.69) is 80.2 Å². The topological polar surface area (TPSA) is 27.7 Å². The first kappa shape index (κ1) is 25.7. The lowest BCUT2D eigenvalue weighted by molar-refractivity contribution is -0.672. The summed E-state index contributed by atoms with van der Waals surface area (Å²) < 4.78 is 42.9. The van der Waals surface area contributed by atoms with Crippen molar-refractivity contribution in [1.29, 1.82) is 0 Å².